The second-order valence-corrected chi connectivity index (χ2v) is 10.1. The summed E-state index contributed by atoms with van der Waals surface area (Å²) in [6.45, 7) is 6.06. The largest absolute Gasteiger partial charge is 0.459 e. The van der Waals surface area contributed by atoms with Crippen LogP contribution in [0.2, 0.25) is 0 Å². The van der Waals surface area contributed by atoms with E-state index in [0.717, 1.165) is 75.6 Å². The Kier molecular flexibility index (Phi) is 14.9. The molecule has 40 heavy (non-hydrogen) atoms. The first kappa shape index (κ1) is 32.9. The molecular formula is C32H42F2O6. The maximum absolute atomic E-state index is 14.6. The molecule has 2 rings (SSSR count). The van der Waals surface area contributed by atoms with Crippen LogP contribution in [0.5, 0.6) is 11.5 Å². The third kappa shape index (κ3) is 11.8. The number of hydrogen-bond donors (Lipinski definition) is 0. The second kappa shape index (κ2) is 18.1. The zero-order chi connectivity index (χ0) is 29.3. The van der Waals surface area contributed by atoms with Gasteiger partial charge in [0.1, 0.15) is 0 Å². The summed E-state index contributed by atoms with van der Waals surface area (Å²) in [5.41, 5.74) is -0.199. The molecule has 1 unspecified atom stereocenters. The third-order valence-corrected chi connectivity index (χ3v) is 6.52. The van der Waals surface area contributed by atoms with Crippen molar-refractivity contribution in [2.24, 2.45) is 0 Å². The van der Waals surface area contributed by atoms with E-state index in [1.54, 1.807) is 6.92 Å². The fourth-order valence-electron chi connectivity index (χ4n) is 4.15. The Bertz CT molecular complexity index is 1100. The van der Waals surface area contributed by atoms with E-state index in [1.807, 2.05) is 0 Å². The number of rotatable bonds is 18. The van der Waals surface area contributed by atoms with Crippen LogP contribution < -0.4 is 9.47 Å². The Hall–Kier alpha value is -3.29. The normalized spacial score (nSPS) is 11.6. The molecule has 220 valence electrons. The van der Waals surface area contributed by atoms with E-state index in [4.69, 9.17) is 14.2 Å². The minimum absolute atomic E-state index is 0.00795. The summed E-state index contributed by atoms with van der Waals surface area (Å²) >= 11 is 0. The summed E-state index contributed by atoms with van der Waals surface area (Å²) in [5, 5.41) is 0. The molecular weight excluding hydrogens is 518 g/mol. The van der Waals surface area contributed by atoms with Gasteiger partial charge < -0.3 is 14.2 Å². The fraction of sp³-hybridized carbons (Fsp3) is 0.531. The Labute approximate surface area is 236 Å². The van der Waals surface area contributed by atoms with E-state index in [9.17, 15) is 23.2 Å². The first-order valence-corrected chi connectivity index (χ1v) is 14.5. The first-order valence-electron chi connectivity index (χ1n) is 14.5. The Balaban J connectivity index is 1.86. The molecule has 0 aromatic heterocycles. The minimum Gasteiger partial charge on any atom is -0.459 e. The maximum Gasteiger partial charge on any atom is 0.343 e. The van der Waals surface area contributed by atoms with Crippen molar-refractivity contribution in [3.05, 3.63) is 59.2 Å². The minimum atomic E-state index is -1.00. The van der Waals surface area contributed by atoms with Crippen LogP contribution in [0.3, 0.4) is 0 Å². The van der Waals surface area contributed by atoms with Crippen LogP contribution >= 0.6 is 0 Å². The molecule has 0 spiro atoms. The van der Waals surface area contributed by atoms with Crippen molar-refractivity contribution in [1.82, 2.24) is 0 Å². The average Bonchev–Trinajstić information content (AvgIpc) is 2.92. The molecule has 0 aliphatic heterocycles. The molecule has 0 saturated carbocycles. The van der Waals surface area contributed by atoms with Crippen LogP contribution in [0.15, 0.2) is 36.4 Å². The second-order valence-electron chi connectivity index (χ2n) is 10.1. The summed E-state index contributed by atoms with van der Waals surface area (Å²) in [7, 11) is 0. The van der Waals surface area contributed by atoms with Gasteiger partial charge in [0, 0.05) is 6.42 Å². The quantitative estimate of drug-likeness (QED) is 0.103. The summed E-state index contributed by atoms with van der Waals surface area (Å²) in [5.74, 6) is -4.78. The molecule has 6 nitrogen and oxygen atoms in total. The van der Waals surface area contributed by atoms with Gasteiger partial charge in [-0.05, 0) is 62.6 Å². The van der Waals surface area contributed by atoms with E-state index in [1.165, 1.54) is 31.4 Å². The molecule has 0 aliphatic carbocycles. The van der Waals surface area contributed by atoms with Gasteiger partial charge >= 0.3 is 17.9 Å². The van der Waals surface area contributed by atoms with Crippen molar-refractivity contribution in [2.45, 2.75) is 110 Å². The zero-order valence-electron chi connectivity index (χ0n) is 23.9. The van der Waals surface area contributed by atoms with E-state index in [0.29, 0.717) is 6.42 Å². The van der Waals surface area contributed by atoms with Gasteiger partial charge in [-0.1, -0.05) is 71.6 Å². The number of halogens is 2. The maximum atomic E-state index is 14.6. The smallest absolute Gasteiger partial charge is 0.343 e. The van der Waals surface area contributed by atoms with Crippen LogP contribution in [0, 0.1) is 11.6 Å². The van der Waals surface area contributed by atoms with Crippen LogP contribution in [-0.4, -0.2) is 24.0 Å². The SMILES string of the molecule is CCCCCCCCCC(=O)Oc1ccc(C(=O)Oc2ccc(C(=O)OC(C)CCCCCC)cc2F)cc1F. The Morgan fingerprint density at radius 2 is 1.18 bits per heavy atom. The first-order chi connectivity index (χ1) is 19.2. The third-order valence-electron chi connectivity index (χ3n) is 6.52. The molecule has 8 heteroatoms. The van der Waals surface area contributed by atoms with Crippen molar-refractivity contribution in [2.75, 3.05) is 0 Å². The van der Waals surface area contributed by atoms with Gasteiger partial charge in [0.05, 0.1) is 17.2 Å². The topological polar surface area (TPSA) is 78.9 Å². The summed E-state index contributed by atoms with van der Waals surface area (Å²) in [4.78, 5) is 36.9. The molecule has 1 atom stereocenters. The van der Waals surface area contributed by atoms with Crippen molar-refractivity contribution < 1.29 is 37.4 Å². The van der Waals surface area contributed by atoms with Crippen molar-refractivity contribution in [1.29, 1.82) is 0 Å². The molecule has 0 saturated heterocycles. The van der Waals surface area contributed by atoms with Gasteiger partial charge in [0.25, 0.3) is 0 Å². The van der Waals surface area contributed by atoms with Crippen LogP contribution in [0.1, 0.15) is 125 Å². The number of carbonyl (C=O) groups is 3. The highest BCUT2D eigenvalue weighted by molar-refractivity contribution is 5.92. The number of carbonyl (C=O) groups excluding carboxylic acids is 3. The summed E-state index contributed by atoms with van der Waals surface area (Å²) in [6.07, 6.45) is 12.1. The predicted octanol–water partition coefficient (Wildman–Crippen LogP) is 8.75. The van der Waals surface area contributed by atoms with E-state index < -0.39 is 35.3 Å². The fourth-order valence-corrected chi connectivity index (χ4v) is 4.15. The number of hydrogen-bond acceptors (Lipinski definition) is 6. The van der Waals surface area contributed by atoms with Gasteiger partial charge in [0.15, 0.2) is 23.1 Å². The lowest BCUT2D eigenvalue weighted by atomic mass is 10.1. The molecule has 2 aromatic carbocycles. The van der Waals surface area contributed by atoms with Crippen molar-refractivity contribution >= 4 is 17.9 Å². The zero-order valence-corrected chi connectivity index (χ0v) is 23.9. The number of unbranched alkanes of at least 4 members (excludes halogenated alkanes) is 9. The van der Waals surface area contributed by atoms with E-state index >= 15 is 0 Å². The van der Waals surface area contributed by atoms with Crippen LogP contribution in [-0.2, 0) is 9.53 Å². The van der Waals surface area contributed by atoms with Crippen LogP contribution in [0.25, 0.3) is 0 Å². The highest BCUT2D eigenvalue weighted by Gasteiger charge is 2.19. The average molecular weight is 561 g/mol. The molecule has 0 heterocycles. The molecule has 0 N–H and O–H groups in total. The highest BCUT2D eigenvalue weighted by Crippen LogP contribution is 2.24. The van der Waals surface area contributed by atoms with Crippen LogP contribution in [0.4, 0.5) is 8.78 Å². The summed E-state index contributed by atoms with van der Waals surface area (Å²) in [6, 6.07) is 6.63. The molecule has 0 aliphatic rings. The van der Waals surface area contributed by atoms with Gasteiger partial charge in [-0.2, -0.15) is 0 Å². The number of esters is 3. The molecule has 0 fully saturated rings. The van der Waals surface area contributed by atoms with Crippen molar-refractivity contribution in [3.63, 3.8) is 0 Å². The standard InChI is InChI=1S/C32H42F2O6/c1-4-6-8-10-11-12-14-16-30(35)39-28-19-17-25(22-26(28)33)32(37)40-29-20-18-24(21-27(29)34)31(36)38-23(3)15-13-9-7-5-2/h17-23H,4-16H2,1-3H3. The Morgan fingerprint density at radius 1 is 0.675 bits per heavy atom. The lowest BCUT2D eigenvalue weighted by molar-refractivity contribution is -0.134. The highest BCUT2D eigenvalue weighted by atomic mass is 19.1. The molecule has 2 aromatic rings. The molecule has 0 radical (unpaired) electrons. The van der Waals surface area contributed by atoms with E-state index in [2.05, 4.69) is 13.8 Å². The van der Waals surface area contributed by atoms with Gasteiger partial charge in [-0.25, -0.2) is 18.4 Å². The van der Waals surface area contributed by atoms with Crippen molar-refractivity contribution in [3.8, 4) is 11.5 Å². The van der Waals surface area contributed by atoms with E-state index in [-0.39, 0.29) is 29.4 Å². The van der Waals surface area contributed by atoms with Gasteiger partial charge in [0.2, 0.25) is 0 Å². The van der Waals surface area contributed by atoms with Gasteiger partial charge in [-0.3, -0.25) is 4.79 Å². The molecule has 0 bridgehead atoms. The summed E-state index contributed by atoms with van der Waals surface area (Å²) < 4.78 is 44.6. The number of ether oxygens (including phenoxy) is 3. The molecule has 0 amide bonds. The Morgan fingerprint density at radius 3 is 1.75 bits per heavy atom. The van der Waals surface area contributed by atoms with Gasteiger partial charge in [-0.15, -0.1) is 0 Å². The number of benzene rings is 2. The lowest BCUT2D eigenvalue weighted by Crippen LogP contribution is -2.15. The predicted molar refractivity (Wildman–Crippen MR) is 150 cm³/mol. The monoisotopic (exact) mass is 560 g/mol. The lowest BCUT2D eigenvalue weighted by Gasteiger charge is -2.13.